The van der Waals surface area contributed by atoms with Gasteiger partial charge in [-0.1, -0.05) is 26.3 Å². The molecule has 0 aliphatic rings. The van der Waals surface area contributed by atoms with E-state index in [1.807, 2.05) is 12.1 Å². The van der Waals surface area contributed by atoms with Crippen molar-refractivity contribution in [1.29, 1.82) is 0 Å². The highest BCUT2D eigenvalue weighted by atomic mass is 14.8. The summed E-state index contributed by atoms with van der Waals surface area (Å²) in [5.74, 6) is 0.639. The maximum absolute atomic E-state index is 5.83. The smallest absolute Gasteiger partial charge is 0.130 e. The molecule has 0 amide bonds. The third kappa shape index (κ3) is 6.04. The largest absolute Gasteiger partial charge is 0.383 e. The molecule has 0 atom stereocenters. The highest BCUT2D eigenvalue weighted by Crippen LogP contribution is 2.23. The number of hydrogen-bond acceptors (Lipinski definition) is 4. The molecule has 0 spiro atoms. The topological polar surface area (TPSA) is 99.9 Å². The predicted molar refractivity (Wildman–Crippen MR) is 77.0 cm³/mol. The zero-order valence-electron chi connectivity index (χ0n) is 11.2. The van der Waals surface area contributed by atoms with E-state index in [4.69, 9.17) is 5.73 Å². The summed E-state index contributed by atoms with van der Waals surface area (Å²) in [6.07, 6.45) is 7.22. The quantitative estimate of drug-likeness (QED) is 0.750. The van der Waals surface area contributed by atoms with E-state index < -0.39 is 0 Å². The van der Waals surface area contributed by atoms with Gasteiger partial charge < -0.3 is 17.6 Å². The Morgan fingerprint density at radius 2 is 2.00 bits per heavy atom. The van der Waals surface area contributed by atoms with Gasteiger partial charge in [0.15, 0.2) is 0 Å². The number of nitrogens with two attached hydrogens (primary N) is 2. The summed E-state index contributed by atoms with van der Waals surface area (Å²) in [4.78, 5) is 4.10. The average molecular weight is 238 g/mol. The third-order valence-electron chi connectivity index (χ3n) is 2.15. The minimum atomic E-state index is 0. The second-order valence-corrected chi connectivity index (χ2v) is 3.32. The lowest BCUT2D eigenvalue weighted by molar-refractivity contribution is 0.966. The maximum atomic E-state index is 5.83. The molecule has 0 radical (unpaired) electrons. The molecule has 0 aliphatic heterocycles. The SMILES string of the molecule is CC/C=C(\CCC)c1cccnc1N.CN.N. The summed E-state index contributed by atoms with van der Waals surface area (Å²) in [5, 5.41) is 0. The van der Waals surface area contributed by atoms with Crippen LogP contribution in [0.5, 0.6) is 0 Å². The molecule has 98 valence electrons. The summed E-state index contributed by atoms with van der Waals surface area (Å²) < 4.78 is 0. The van der Waals surface area contributed by atoms with Crippen molar-refractivity contribution in [2.75, 3.05) is 12.8 Å². The number of nitrogen functional groups attached to an aromatic ring is 1. The number of rotatable bonds is 4. The zero-order valence-corrected chi connectivity index (χ0v) is 11.2. The van der Waals surface area contributed by atoms with Gasteiger partial charge >= 0.3 is 0 Å². The van der Waals surface area contributed by atoms with Crippen LogP contribution in [-0.2, 0) is 0 Å². The van der Waals surface area contributed by atoms with Crippen LogP contribution in [0.15, 0.2) is 24.4 Å². The van der Waals surface area contributed by atoms with E-state index >= 15 is 0 Å². The Morgan fingerprint density at radius 1 is 1.35 bits per heavy atom. The number of allylic oxidation sites excluding steroid dienone is 2. The van der Waals surface area contributed by atoms with Crippen molar-refractivity contribution in [3.8, 4) is 0 Å². The number of aromatic nitrogens is 1. The molecule has 1 rings (SSSR count). The fourth-order valence-electron chi connectivity index (χ4n) is 1.55. The van der Waals surface area contributed by atoms with Crippen molar-refractivity contribution in [2.45, 2.75) is 33.1 Å². The molecular formula is C13H26N4. The lowest BCUT2D eigenvalue weighted by Gasteiger charge is -2.08. The van der Waals surface area contributed by atoms with Gasteiger partial charge in [0.05, 0.1) is 0 Å². The molecule has 4 nitrogen and oxygen atoms in total. The van der Waals surface area contributed by atoms with E-state index in [1.165, 1.54) is 12.6 Å². The van der Waals surface area contributed by atoms with Crippen LogP contribution in [0.1, 0.15) is 38.7 Å². The van der Waals surface area contributed by atoms with Crippen LogP contribution in [0, 0.1) is 0 Å². The first-order valence-electron chi connectivity index (χ1n) is 5.77. The Labute approximate surface area is 105 Å². The number of hydrogen-bond donors (Lipinski definition) is 3. The van der Waals surface area contributed by atoms with Gasteiger partial charge in [-0.3, -0.25) is 0 Å². The maximum Gasteiger partial charge on any atom is 0.130 e. The van der Waals surface area contributed by atoms with Crippen LogP contribution in [0.4, 0.5) is 5.82 Å². The van der Waals surface area contributed by atoms with E-state index in [9.17, 15) is 0 Å². The van der Waals surface area contributed by atoms with Crippen LogP contribution in [0.25, 0.3) is 5.57 Å². The summed E-state index contributed by atoms with van der Waals surface area (Å²) >= 11 is 0. The molecule has 4 heteroatoms. The van der Waals surface area contributed by atoms with Crippen LogP contribution in [0.3, 0.4) is 0 Å². The fourth-order valence-corrected chi connectivity index (χ4v) is 1.55. The van der Waals surface area contributed by atoms with E-state index in [0.29, 0.717) is 5.82 Å². The van der Waals surface area contributed by atoms with E-state index in [2.05, 4.69) is 30.6 Å². The van der Waals surface area contributed by atoms with E-state index in [-0.39, 0.29) is 6.15 Å². The van der Waals surface area contributed by atoms with Gasteiger partial charge in [-0.05, 0) is 37.6 Å². The third-order valence-corrected chi connectivity index (χ3v) is 2.15. The lowest BCUT2D eigenvalue weighted by atomic mass is 10.0. The second-order valence-electron chi connectivity index (χ2n) is 3.32. The monoisotopic (exact) mass is 238 g/mol. The first-order valence-corrected chi connectivity index (χ1v) is 5.77. The molecule has 7 N–H and O–H groups in total. The van der Waals surface area contributed by atoms with Gasteiger partial charge in [0.1, 0.15) is 5.82 Å². The van der Waals surface area contributed by atoms with Crippen molar-refractivity contribution in [3.63, 3.8) is 0 Å². The Balaban J connectivity index is 0. The van der Waals surface area contributed by atoms with Crippen molar-refractivity contribution in [3.05, 3.63) is 30.0 Å². The Kier molecular flexibility index (Phi) is 11.8. The highest BCUT2D eigenvalue weighted by Gasteiger charge is 2.04. The Bertz CT molecular complexity index is 321. The Morgan fingerprint density at radius 3 is 2.47 bits per heavy atom. The van der Waals surface area contributed by atoms with E-state index in [0.717, 1.165) is 24.8 Å². The van der Waals surface area contributed by atoms with Crippen LogP contribution < -0.4 is 17.6 Å². The van der Waals surface area contributed by atoms with Crippen LogP contribution in [0.2, 0.25) is 0 Å². The van der Waals surface area contributed by atoms with E-state index in [1.54, 1.807) is 6.20 Å². The number of nitrogens with zero attached hydrogens (tertiary/aromatic N) is 1. The summed E-state index contributed by atoms with van der Waals surface area (Å²) in [5.41, 5.74) is 12.7. The molecule has 1 aromatic rings. The average Bonchev–Trinajstić information content (AvgIpc) is 2.32. The highest BCUT2D eigenvalue weighted by molar-refractivity contribution is 5.72. The fraction of sp³-hybridized carbons (Fsp3) is 0.462. The zero-order chi connectivity index (χ0) is 12.4. The molecule has 0 saturated carbocycles. The van der Waals surface area contributed by atoms with Crippen LogP contribution in [-0.4, -0.2) is 12.0 Å². The van der Waals surface area contributed by atoms with Gasteiger partial charge in [-0.15, -0.1) is 0 Å². The number of pyridine rings is 1. The Hall–Kier alpha value is -1.39. The van der Waals surface area contributed by atoms with Gasteiger partial charge in [0, 0.05) is 11.8 Å². The normalized spacial score (nSPS) is 10.0. The molecule has 0 fully saturated rings. The van der Waals surface area contributed by atoms with Gasteiger partial charge in [0.2, 0.25) is 0 Å². The molecule has 0 saturated heterocycles. The van der Waals surface area contributed by atoms with Crippen molar-refractivity contribution in [2.24, 2.45) is 5.73 Å². The molecule has 17 heavy (non-hydrogen) atoms. The van der Waals surface area contributed by atoms with Crippen molar-refractivity contribution < 1.29 is 0 Å². The first-order chi connectivity index (χ1) is 7.79. The summed E-state index contributed by atoms with van der Waals surface area (Å²) in [7, 11) is 1.50. The van der Waals surface area contributed by atoms with Gasteiger partial charge in [0.25, 0.3) is 0 Å². The molecule has 1 aromatic heterocycles. The van der Waals surface area contributed by atoms with Crippen molar-refractivity contribution >= 4 is 11.4 Å². The lowest BCUT2D eigenvalue weighted by Crippen LogP contribution is -1.96. The standard InChI is InChI=1S/C12H18N2.CH5N.H3N/c1-3-6-10(7-4-2)11-8-5-9-14-12(11)13;1-2;/h5-6,8-9H,3-4,7H2,1-2H3,(H2,13,14);2H2,1H3;1H3/b10-6+;;. The predicted octanol–water partition coefficient (Wildman–Crippen LogP) is 2.99. The first kappa shape index (κ1) is 18.0. The molecule has 1 heterocycles. The minimum absolute atomic E-state index is 0. The molecule has 0 unspecified atom stereocenters. The second kappa shape index (κ2) is 11.1. The van der Waals surface area contributed by atoms with Gasteiger partial charge in [-0.25, -0.2) is 4.98 Å². The van der Waals surface area contributed by atoms with Gasteiger partial charge in [-0.2, -0.15) is 0 Å². The minimum Gasteiger partial charge on any atom is -0.383 e. The summed E-state index contributed by atoms with van der Waals surface area (Å²) in [6.45, 7) is 4.32. The number of anilines is 1. The summed E-state index contributed by atoms with van der Waals surface area (Å²) in [6, 6.07) is 3.98. The molecule has 0 bridgehead atoms. The molecular weight excluding hydrogens is 212 g/mol. The molecule has 0 aliphatic carbocycles. The van der Waals surface area contributed by atoms with Crippen LogP contribution >= 0.6 is 0 Å². The molecule has 0 aromatic carbocycles. The van der Waals surface area contributed by atoms with Crippen molar-refractivity contribution in [1.82, 2.24) is 11.1 Å².